The number of nitrogens with one attached hydrogen (secondary N) is 1. The van der Waals surface area contributed by atoms with Gasteiger partial charge < -0.3 is 5.32 Å². The van der Waals surface area contributed by atoms with Gasteiger partial charge in [-0.3, -0.25) is 4.98 Å². The highest BCUT2D eigenvalue weighted by Crippen LogP contribution is 2.21. The van der Waals surface area contributed by atoms with E-state index in [0.717, 1.165) is 25.1 Å². The van der Waals surface area contributed by atoms with E-state index in [1.54, 1.807) is 0 Å². The minimum Gasteiger partial charge on any atom is -0.310 e. The summed E-state index contributed by atoms with van der Waals surface area (Å²) in [6, 6.07) is 4.57. The van der Waals surface area contributed by atoms with Crippen LogP contribution in [0.5, 0.6) is 0 Å². The number of nitrogens with zero attached hydrogens (tertiary/aromatic N) is 1. The summed E-state index contributed by atoms with van der Waals surface area (Å²) in [6.45, 7) is 11.3. The van der Waals surface area contributed by atoms with Crippen molar-refractivity contribution in [3.63, 3.8) is 0 Å². The number of hydrogen-bond donors (Lipinski definition) is 1. The molecular weight excluding hydrogens is 196 g/mol. The van der Waals surface area contributed by atoms with Gasteiger partial charge in [0.05, 0.1) is 0 Å². The molecule has 0 aliphatic carbocycles. The maximum atomic E-state index is 4.35. The van der Waals surface area contributed by atoms with Gasteiger partial charge in [0.15, 0.2) is 0 Å². The lowest BCUT2D eigenvalue weighted by Crippen LogP contribution is -2.21. The lowest BCUT2D eigenvalue weighted by Gasteiger charge is -2.19. The van der Waals surface area contributed by atoms with Gasteiger partial charge >= 0.3 is 0 Å². The Morgan fingerprint density at radius 1 is 1.44 bits per heavy atom. The third-order valence-corrected chi connectivity index (χ3v) is 2.78. The first-order chi connectivity index (χ1) is 7.67. The van der Waals surface area contributed by atoms with Crippen LogP contribution in [0.15, 0.2) is 30.5 Å². The zero-order valence-corrected chi connectivity index (χ0v) is 10.6. The Bertz CT molecular complexity index is 327. The van der Waals surface area contributed by atoms with E-state index in [4.69, 9.17) is 0 Å². The predicted molar refractivity (Wildman–Crippen MR) is 69.4 cm³/mol. The van der Waals surface area contributed by atoms with Gasteiger partial charge in [0.2, 0.25) is 0 Å². The van der Waals surface area contributed by atoms with Crippen LogP contribution in [0.3, 0.4) is 0 Å². The van der Waals surface area contributed by atoms with Crippen LogP contribution in [0.1, 0.15) is 44.0 Å². The minimum atomic E-state index is 0.352. The van der Waals surface area contributed by atoms with E-state index < -0.39 is 0 Å². The molecule has 1 rings (SSSR count). The molecule has 1 heterocycles. The normalized spacial score (nSPS) is 12.4. The summed E-state index contributed by atoms with van der Waals surface area (Å²) < 4.78 is 0. The summed E-state index contributed by atoms with van der Waals surface area (Å²) in [5, 5.41) is 3.48. The lowest BCUT2D eigenvalue weighted by atomic mass is 9.99. The van der Waals surface area contributed by atoms with Crippen LogP contribution in [0.25, 0.3) is 0 Å². The molecule has 0 saturated carbocycles. The molecule has 1 atom stereocenters. The largest absolute Gasteiger partial charge is 0.310 e. The van der Waals surface area contributed by atoms with Gasteiger partial charge in [-0.05, 0) is 37.9 Å². The van der Waals surface area contributed by atoms with Crippen molar-refractivity contribution in [1.29, 1.82) is 0 Å². The number of aromatic nitrogens is 1. The second-order valence-corrected chi connectivity index (χ2v) is 4.15. The van der Waals surface area contributed by atoms with Crippen LogP contribution in [0, 0.1) is 6.92 Å². The van der Waals surface area contributed by atoms with Gasteiger partial charge in [0.25, 0.3) is 0 Å². The van der Waals surface area contributed by atoms with Gasteiger partial charge in [0, 0.05) is 17.9 Å². The summed E-state index contributed by atoms with van der Waals surface area (Å²) in [5.74, 6) is 0. The van der Waals surface area contributed by atoms with Crippen molar-refractivity contribution in [3.8, 4) is 0 Å². The zero-order valence-electron chi connectivity index (χ0n) is 10.6. The Kier molecular flexibility index (Phi) is 5.20. The fraction of sp³-hybridized carbons (Fsp3) is 0.500. The van der Waals surface area contributed by atoms with E-state index in [0.29, 0.717) is 6.04 Å². The van der Waals surface area contributed by atoms with E-state index in [2.05, 4.69) is 42.9 Å². The second-order valence-electron chi connectivity index (χ2n) is 4.15. The number of pyridine rings is 1. The van der Waals surface area contributed by atoms with Gasteiger partial charge in [-0.2, -0.15) is 0 Å². The Labute approximate surface area is 98.8 Å². The van der Waals surface area contributed by atoms with E-state index in [1.165, 1.54) is 11.1 Å². The molecule has 2 heteroatoms. The van der Waals surface area contributed by atoms with Gasteiger partial charge in [-0.25, -0.2) is 0 Å². The summed E-state index contributed by atoms with van der Waals surface area (Å²) >= 11 is 0. The quantitative estimate of drug-likeness (QED) is 0.740. The molecule has 0 spiro atoms. The molecule has 0 fully saturated rings. The molecule has 2 nitrogen and oxygen atoms in total. The molecule has 1 aromatic heterocycles. The Balaban J connectivity index is 2.76. The van der Waals surface area contributed by atoms with Gasteiger partial charge in [0.1, 0.15) is 0 Å². The molecule has 0 radical (unpaired) electrons. The SMILES string of the molecule is C=C(CC)CC(NCC)c1ccc(C)nc1. The molecule has 1 unspecified atom stereocenters. The summed E-state index contributed by atoms with van der Waals surface area (Å²) in [7, 11) is 0. The summed E-state index contributed by atoms with van der Waals surface area (Å²) in [4.78, 5) is 4.35. The number of rotatable bonds is 6. The molecule has 0 amide bonds. The smallest absolute Gasteiger partial charge is 0.0372 e. The molecular formula is C14H22N2. The van der Waals surface area contributed by atoms with E-state index in [-0.39, 0.29) is 0 Å². The molecule has 0 bridgehead atoms. The Hall–Kier alpha value is -1.15. The predicted octanol–water partition coefficient (Wildman–Crippen LogP) is 3.40. The van der Waals surface area contributed by atoms with E-state index in [9.17, 15) is 0 Å². The van der Waals surface area contributed by atoms with E-state index >= 15 is 0 Å². The van der Waals surface area contributed by atoms with Crippen molar-refractivity contribution in [1.82, 2.24) is 10.3 Å². The first kappa shape index (κ1) is 12.9. The van der Waals surface area contributed by atoms with E-state index in [1.807, 2.05) is 13.1 Å². The van der Waals surface area contributed by atoms with Crippen LogP contribution in [-0.4, -0.2) is 11.5 Å². The second kappa shape index (κ2) is 6.44. The number of hydrogen-bond acceptors (Lipinski definition) is 2. The fourth-order valence-corrected chi connectivity index (χ4v) is 1.67. The van der Waals surface area contributed by atoms with Crippen molar-refractivity contribution in [2.75, 3.05) is 6.54 Å². The van der Waals surface area contributed by atoms with Crippen LogP contribution in [-0.2, 0) is 0 Å². The third kappa shape index (κ3) is 3.78. The van der Waals surface area contributed by atoms with Crippen LogP contribution in [0.2, 0.25) is 0 Å². The number of aryl methyl sites for hydroxylation is 1. The van der Waals surface area contributed by atoms with Crippen LogP contribution in [0.4, 0.5) is 0 Å². The lowest BCUT2D eigenvalue weighted by molar-refractivity contribution is 0.541. The molecule has 1 aromatic rings. The van der Waals surface area contributed by atoms with Crippen molar-refractivity contribution >= 4 is 0 Å². The summed E-state index contributed by atoms with van der Waals surface area (Å²) in [6.07, 6.45) is 4.00. The molecule has 1 N–H and O–H groups in total. The molecule has 0 aliphatic heterocycles. The third-order valence-electron chi connectivity index (χ3n) is 2.78. The van der Waals surface area contributed by atoms with Crippen LogP contribution < -0.4 is 5.32 Å². The Morgan fingerprint density at radius 2 is 2.19 bits per heavy atom. The molecule has 16 heavy (non-hydrogen) atoms. The maximum absolute atomic E-state index is 4.35. The van der Waals surface area contributed by atoms with Crippen molar-refractivity contribution < 1.29 is 0 Å². The fourth-order valence-electron chi connectivity index (χ4n) is 1.67. The first-order valence-corrected chi connectivity index (χ1v) is 6.00. The van der Waals surface area contributed by atoms with Crippen molar-refractivity contribution in [2.45, 2.75) is 39.7 Å². The first-order valence-electron chi connectivity index (χ1n) is 6.00. The monoisotopic (exact) mass is 218 g/mol. The zero-order chi connectivity index (χ0) is 12.0. The molecule has 0 aliphatic rings. The van der Waals surface area contributed by atoms with Gasteiger partial charge in [-0.15, -0.1) is 0 Å². The highest BCUT2D eigenvalue weighted by molar-refractivity contribution is 5.19. The standard InChI is InChI=1S/C14H22N2/c1-5-11(3)9-14(15-6-2)13-8-7-12(4)16-10-13/h7-8,10,14-15H,3,5-6,9H2,1-2,4H3. The average molecular weight is 218 g/mol. The molecule has 0 saturated heterocycles. The Morgan fingerprint density at radius 3 is 2.69 bits per heavy atom. The maximum Gasteiger partial charge on any atom is 0.0372 e. The summed E-state index contributed by atoms with van der Waals surface area (Å²) in [5.41, 5.74) is 3.60. The minimum absolute atomic E-state index is 0.352. The van der Waals surface area contributed by atoms with Crippen LogP contribution >= 0.6 is 0 Å². The molecule has 0 aromatic carbocycles. The molecule has 88 valence electrons. The topological polar surface area (TPSA) is 24.9 Å². The highest BCUT2D eigenvalue weighted by atomic mass is 14.9. The van der Waals surface area contributed by atoms with Gasteiger partial charge in [-0.1, -0.05) is 32.1 Å². The van der Waals surface area contributed by atoms with Crippen molar-refractivity contribution in [3.05, 3.63) is 41.7 Å². The van der Waals surface area contributed by atoms with Crippen molar-refractivity contribution in [2.24, 2.45) is 0 Å². The highest BCUT2D eigenvalue weighted by Gasteiger charge is 2.11. The average Bonchev–Trinajstić information content (AvgIpc) is 2.29.